The van der Waals surface area contributed by atoms with Crippen molar-refractivity contribution in [1.82, 2.24) is 4.98 Å². The summed E-state index contributed by atoms with van der Waals surface area (Å²) >= 11 is 0. The number of aromatic nitrogens is 1. The molecule has 0 bridgehead atoms. The summed E-state index contributed by atoms with van der Waals surface area (Å²) in [5.41, 5.74) is 1.93. The van der Waals surface area contributed by atoms with Crippen LogP contribution < -0.4 is 4.90 Å². The molecular formula is C15H24N2O2. The van der Waals surface area contributed by atoms with Crippen LogP contribution in [0.15, 0.2) is 12.3 Å². The number of carboxylic acid groups (broad SMARTS) is 1. The molecule has 4 nitrogen and oxygen atoms in total. The number of rotatable bonds is 7. The van der Waals surface area contributed by atoms with Gasteiger partial charge in [0.25, 0.3) is 0 Å². The first-order chi connectivity index (χ1) is 9.03. The first-order valence-corrected chi connectivity index (χ1v) is 6.98. The summed E-state index contributed by atoms with van der Waals surface area (Å²) in [6.07, 6.45) is 3.68. The van der Waals surface area contributed by atoms with E-state index >= 15 is 0 Å². The Hall–Kier alpha value is -1.58. The summed E-state index contributed by atoms with van der Waals surface area (Å²) in [4.78, 5) is 17.5. The van der Waals surface area contributed by atoms with Crippen molar-refractivity contribution in [3.8, 4) is 0 Å². The lowest BCUT2D eigenvalue weighted by molar-refractivity contribution is 0.0697. The van der Waals surface area contributed by atoms with E-state index < -0.39 is 5.97 Å². The van der Waals surface area contributed by atoms with Gasteiger partial charge in [0.15, 0.2) is 0 Å². The third-order valence-corrected chi connectivity index (χ3v) is 3.60. The van der Waals surface area contributed by atoms with Gasteiger partial charge in [-0.25, -0.2) is 4.79 Å². The van der Waals surface area contributed by atoms with E-state index in [-0.39, 0.29) is 0 Å². The number of hydrogen-bond donors (Lipinski definition) is 1. The summed E-state index contributed by atoms with van der Waals surface area (Å²) in [5.74, 6) is -0.319. The van der Waals surface area contributed by atoms with Crippen LogP contribution in [-0.2, 0) is 0 Å². The van der Waals surface area contributed by atoms with Gasteiger partial charge in [-0.05, 0) is 25.8 Å². The second-order valence-corrected chi connectivity index (χ2v) is 4.87. The van der Waals surface area contributed by atoms with E-state index in [2.05, 4.69) is 30.7 Å². The van der Waals surface area contributed by atoms with Crippen LogP contribution in [0.4, 0.5) is 5.69 Å². The molecule has 1 heterocycles. The minimum Gasteiger partial charge on any atom is -0.478 e. The molecule has 0 aliphatic rings. The van der Waals surface area contributed by atoms with Crippen molar-refractivity contribution < 1.29 is 9.90 Å². The fourth-order valence-corrected chi connectivity index (χ4v) is 2.23. The lowest BCUT2D eigenvalue weighted by atomic mass is 10.0. The summed E-state index contributed by atoms with van der Waals surface area (Å²) in [6.45, 7) is 10.0. The van der Waals surface area contributed by atoms with Crippen LogP contribution in [0.25, 0.3) is 0 Å². The fraction of sp³-hybridized carbons (Fsp3) is 0.600. The zero-order chi connectivity index (χ0) is 14.4. The largest absolute Gasteiger partial charge is 0.478 e. The number of carbonyl (C=O) groups is 1. The first-order valence-electron chi connectivity index (χ1n) is 6.98. The molecule has 0 atom stereocenters. The van der Waals surface area contributed by atoms with Gasteiger partial charge in [0, 0.05) is 25.0 Å². The van der Waals surface area contributed by atoms with E-state index in [1.54, 1.807) is 0 Å². The molecule has 106 valence electrons. The van der Waals surface area contributed by atoms with Gasteiger partial charge < -0.3 is 10.0 Å². The quantitative estimate of drug-likeness (QED) is 0.820. The maximum absolute atomic E-state index is 11.3. The van der Waals surface area contributed by atoms with Crippen LogP contribution in [-0.4, -0.2) is 29.1 Å². The van der Waals surface area contributed by atoms with Crippen LogP contribution in [0.2, 0.25) is 0 Å². The molecule has 1 rings (SSSR count). The zero-order valence-electron chi connectivity index (χ0n) is 12.3. The number of aromatic carboxylic acids is 1. The molecule has 0 saturated carbocycles. The Kier molecular flexibility index (Phi) is 5.80. The highest BCUT2D eigenvalue weighted by molar-refractivity contribution is 5.94. The van der Waals surface area contributed by atoms with Crippen molar-refractivity contribution in [2.75, 3.05) is 18.0 Å². The van der Waals surface area contributed by atoms with E-state index in [0.717, 1.165) is 37.3 Å². The van der Waals surface area contributed by atoms with E-state index in [4.69, 9.17) is 0 Å². The topological polar surface area (TPSA) is 53.4 Å². The third kappa shape index (κ3) is 3.94. The van der Waals surface area contributed by atoms with Gasteiger partial charge in [0.2, 0.25) is 0 Å². The van der Waals surface area contributed by atoms with Gasteiger partial charge in [0.1, 0.15) is 5.56 Å². The Balaban J connectivity index is 3.09. The van der Waals surface area contributed by atoms with E-state index in [1.807, 2.05) is 13.0 Å². The number of hydrogen-bond acceptors (Lipinski definition) is 3. The molecule has 0 aliphatic heterocycles. The first kappa shape index (κ1) is 15.5. The fourth-order valence-electron chi connectivity index (χ4n) is 2.23. The minimum atomic E-state index is -0.912. The Labute approximate surface area is 115 Å². The maximum atomic E-state index is 11.3. The number of anilines is 1. The molecule has 0 amide bonds. The average Bonchev–Trinajstić information content (AvgIpc) is 2.40. The van der Waals surface area contributed by atoms with E-state index in [1.165, 1.54) is 6.20 Å². The molecule has 0 fully saturated rings. The molecule has 19 heavy (non-hydrogen) atoms. The Bertz CT molecular complexity index is 428. The van der Waals surface area contributed by atoms with E-state index in [9.17, 15) is 9.90 Å². The van der Waals surface area contributed by atoms with Crippen molar-refractivity contribution in [3.05, 3.63) is 23.5 Å². The van der Waals surface area contributed by atoms with Crippen LogP contribution in [0, 0.1) is 12.8 Å². The van der Waals surface area contributed by atoms with Crippen molar-refractivity contribution in [2.24, 2.45) is 5.92 Å². The van der Waals surface area contributed by atoms with Gasteiger partial charge in [-0.1, -0.05) is 26.7 Å². The molecular weight excluding hydrogens is 240 g/mol. The summed E-state index contributed by atoms with van der Waals surface area (Å²) < 4.78 is 0. The van der Waals surface area contributed by atoms with Gasteiger partial charge in [-0.15, -0.1) is 0 Å². The van der Waals surface area contributed by atoms with Crippen LogP contribution in [0.5, 0.6) is 0 Å². The van der Waals surface area contributed by atoms with Gasteiger partial charge in [0.05, 0.1) is 5.69 Å². The second kappa shape index (κ2) is 7.12. The Morgan fingerprint density at radius 3 is 2.47 bits per heavy atom. The summed E-state index contributed by atoms with van der Waals surface area (Å²) in [6, 6.07) is 1.87. The normalized spacial score (nSPS) is 10.8. The average molecular weight is 264 g/mol. The maximum Gasteiger partial charge on any atom is 0.339 e. The molecule has 0 unspecified atom stereocenters. The second-order valence-electron chi connectivity index (χ2n) is 4.87. The van der Waals surface area contributed by atoms with Gasteiger partial charge >= 0.3 is 5.97 Å². The highest BCUT2D eigenvalue weighted by Gasteiger charge is 2.18. The van der Waals surface area contributed by atoms with E-state index in [0.29, 0.717) is 11.5 Å². The van der Waals surface area contributed by atoms with Crippen molar-refractivity contribution in [1.29, 1.82) is 0 Å². The number of aryl methyl sites for hydroxylation is 1. The molecule has 1 aromatic rings. The van der Waals surface area contributed by atoms with Crippen LogP contribution >= 0.6 is 0 Å². The van der Waals surface area contributed by atoms with Crippen LogP contribution in [0.1, 0.15) is 49.7 Å². The molecule has 0 aliphatic carbocycles. The molecule has 0 saturated heterocycles. The highest BCUT2D eigenvalue weighted by Crippen LogP contribution is 2.23. The number of pyridine rings is 1. The van der Waals surface area contributed by atoms with Crippen molar-refractivity contribution >= 4 is 11.7 Å². The van der Waals surface area contributed by atoms with Crippen molar-refractivity contribution in [2.45, 2.75) is 40.5 Å². The molecule has 1 N–H and O–H groups in total. The van der Waals surface area contributed by atoms with Crippen LogP contribution in [0.3, 0.4) is 0 Å². The predicted octanol–water partition coefficient (Wildman–Crippen LogP) is 3.35. The van der Waals surface area contributed by atoms with Crippen molar-refractivity contribution in [3.63, 3.8) is 0 Å². The third-order valence-electron chi connectivity index (χ3n) is 3.60. The number of carboxylic acids is 1. The lowest BCUT2D eigenvalue weighted by Crippen LogP contribution is -2.30. The number of nitrogens with zero attached hydrogens (tertiary/aromatic N) is 2. The highest BCUT2D eigenvalue weighted by atomic mass is 16.4. The zero-order valence-corrected chi connectivity index (χ0v) is 12.3. The SMILES string of the molecule is CCC(CC)CN(CC)c1cc(C)ncc1C(=O)O. The summed E-state index contributed by atoms with van der Waals surface area (Å²) in [5, 5.41) is 9.28. The Morgan fingerprint density at radius 2 is 2.00 bits per heavy atom. The monoisotopic (exact) mass is 264 g/mol. The minimum absolute atomic E-state index is 0.290. The Morgan fingerprint density at radius 1 is 1.37 bits per heavy atom. The standard InChI is InChI=1S/C15H24N2O2/c1-5-12(6-2)10-17(7-3)14-8-11(4)16-9-13(14)15(18)19/h8-9,12H,5-7,10H2,1-4H3,(H,18,19). The summed E-state index contributed by atoms with van der Waals surface area (Å²) in [7, 11) is 0. The smallest absolute Gasteiger partial charge is 0.339 e. The predicted molar refractivity (Wildman–Crippen MR) is 77.9 cm³/mol. The molecule has 1 aromatic heterocycles. The van der Waals surface area contributed by atoms with Gasteiger partial charge in [-0.2, -0.15) is 0 Å². The van der Waals surface area contributed by atoms with Gasteiger partial charge in [-0.3, -0.25) is 4.98 Å². The molecule has 0 radical (unpaired) electrons. The lowest BCUT2D eigenvalue weighted by Gasteiger charge is -2.28. The molecule has 0 spiro atoms. The molecule has 4 heteroatoms. The molecule has 0 aromatic carbocycles.